The molecule has 0 saturated carbocycles. The van der Waals surface area contributed by atoms with Crippen molar-refractivity contribution in [3.63, 3.8) is 0 Å². The molecule has 0 aliphatic carbocycles. The molecule has 0 radical (unpaired) electrons. The van der Waals surface area contributed by atoms with Crippen LogP contribution in [0, 0.1) is 12.8 Å². The first-order chi connectivity index (χ1) is 18.2. The van der Waals surface area contributed by atoms with E-state index in [0.717, 1.165) is 15.7 Å². The van der Waals surface area contributed by atoms with Crippen molar-refractivity contribution >= 4 is 17.5 Å². The lowest BCUT2D eigenvalue weighted by Crippen LogP contribution is -2.51. The van der Waals surface area contributed by atoms with E-state index < -0.39 is 17.3 Å². The van der Waals surface area contributed by atoms with Gasteiger partial charge in [0.05, 0.1) is 24.4 Å². The maximum Gasteiger partial charge on any atom is 0.335 e. The molecular formula is C27H30N6O5. The van der Waals surface area contributed by atoms with Crippen molar-refractivity contribution in [1.29, 1.82) is 0 Å². The van der Waals surface area contributed by atoms with E-state index in [-0.39, 0.29) is 30.5 Å². The number of ether oxygens (including phenoxy) is 1. The van der Waals surface area contributed by atoms with E-state index in [1.165, 1.54) is 17.8 Å². The fourth-order valence-electron chi connectivity index (χ4n) is 3.88. The van der Waals surface area contributed by atoms with E-state index in [1.54, 1.807) is 31.2 Å². The molecule has 1 atom stereocenters. The van der Waals surface area contributed by atoms with Crippen LogP contribution >= 0.6 is 0 Å². The zero-order chi connectivity index (χ0) is 27.2. The summed E-state index contributed by atoms with van der Waals surface area (Å²) >= 11 is 0. The third-order valence-electron chi connectivity index (χ3n) is 6.07. The van der Waals surface area contributed by atoms with Gasteiger partial charge in [0.25, 0.3) is 0 Å². The van der Waals surface area contributed by atoms with Crippen molar-refractivity contribution in [3.05, 3.63) is 98.2 Å². The Balaban J connectivity index is 1.71. The maximum atomic E-state index is 13.5. The number of amides is 1. The summed E-state index contributed by atoms with van der Waals surface area (Å²) in [4.78, 5) is 49.5. The Hall–Kier alpha value is -4.67. The molecule has 38 heavy (non-hydrogen) atoms. The Morgan fingerprint density at radius 3 is 2.47 bits per heavy atom. The molecule has 2 aromatic carbocycles. The van der Waals surface area contributed by atoms with Gasteiger partial charge in [0.1, 0.15) is 11.5 Å². The molecule has 0 saturated heterocycles. The summed E-state index contributed by atoms with van der Waals surface area (Å²) in [7, 11) is 1.51. The van der Waals surface area contributed by atoms with Gasteiger partial charge in [-0.1, -0.05) is 36.8 Å². The number of carbonyl (C=O) groups is 1. The Labute approximate surface area is 218 Å². The topological polar surface area (TPSA) is 143 Å². The minimum Gasteiger partial charge on any atom is -0.496 e. The van der Waals surface area contributed by atoms with Crippen LogP contribution in [0.3, 0.4) is 0 Å². The van der Waals surface area contributed by atoms with Crippen molar-refractivity contribution in [2.24, 2.45) is 15.9 Å². The van der Waals surface area contributed by atoms with Crippen molar-refractivity contribution in [3.8, 4) is 5.75 Å². The van der Waals surface area contributed by atoms with Crippen molar-refractivity contribution < 1.29 is 14.6 Å². The molecule has 198 valence electrons. The predicted molar refractivity (Wildman–Crippen MR) is 142 cm³/mol. The zero-order valence-electron chi connectivity index (χ0n) is 21.5. The van der Waals surface area contributed by atoms with Gasteiger partial charge in [-0.25, -0.2) is 24.1 Å². The Bertz CT molecular complexity index is 1560. The molecule has 4 rings (SSSR count). The SMILES string of the molecule is CNC(=O)[C@@H](C)Cn1c(=O)[nH]/c(=N\c2ccc(OC3=CN=C(O)CC3)cc2)n(Cc2ccc(C)cc2)c1=O. The van der Waals surface area contributed by atoms with Crippen LogP contribution in [0.1, 0.15) is 30.9 Å². The smallest absolute Gasteiger partial charge is 0.335 e. The number of benzene rings is 2. The van der Waals surface area contributed by atoms with Crippen LogP contribution in [0.15, 0.2) is 80.1 Å². The van der Waals surface area contributed by atoms with E-state index in [4.69, 9.17) is 4.74 Å². The summed E-state index contributed by atoms with van der Waals surface area (Å²) in [5, 5.41) is 11.9. The van der Waals surface area contributed by atoms with Crippen molar-refractivity contribution in [1.82, 2.24) is 19.4 Å². The third-order valence-corrected chi connectivity index (χ3v) is 6.07. The molecule has 0 bridgehead atoms. The highest BCUT2D eigenvalue weighted by atomic mass is 16.5. The lowest BCUT2D eigenvalue weighted by molar-refractivity contribution is -0.124. The minimum atomic E-state index is -0.655. The molecular weight excluding hydrogens is 488 g/mol. The minimum absolute atomic E-state index is 0.0736. The van der Waals surface area contributed by atoms with Crippen LogP contribution in [-0.4, -0.2) is 38.1 Å². The number of rotatable bonds is 8. The van der Waals surface area contributed by atoms with E-state index in [1.807, 2.05) is 31.2 Å². The van der Waals surface area contributed by atoms with Crippen molar-refractivity contribution in [2.75, 3.05) is 7.05 Å². The highest BCUT2D eigenvalue weighted by Gasteiger charge is 2.17. The van der Waals surface area contributed by atoms with Crippen LogP contribution in [0.4, 0.5) is 5.69 Å². The summed E-state index contributed by atoms with van der Waals surface area (Å²) in [5.41, 5.74) is 1.28. The summed E-state index contributed by atoms with van der Waals surface area (Å²) in [5.74, 6) is 0.402. The molecule has 3 N–H and O–H groups in total. The fraction of sp³-hybridized carbons (Fsp3) is 0.296. The molecule has 11 heteroatoms. The summed E-state index contributed by atoms with van der Waals surface area (Å²) < 4.78 is 8.19. The summed E-state index contributed by atoms with van der Waals surface area (Å²) in [6.07, 6.45) is 2.44. The summed E-state index contributed by atoms with van der Waals surface area (Å²) in [6.45, 7) is 3.72. The number of aromatic nitrogens is 3. The fourth-order valence-corrected chi connectivity index (χ4v) is 3.88. The van der Waals surface area contributed by atoms with Gasteiger partial charge in [-0.05, 0) is 36.8 Å². The van der Waals surface area contributed by atoms with Gasteiger partial charge >= 0.3 is 11.4 Å². The second-order valence-electron chi connectivity index (χ2n) is 9.08. The monoisotopic (exact) mass is 518 g/mol. The van der Waals surface area contributed by atoms with Gasteiger partial charge < -0.3 is 15.2 Å². The number of H-pyrrole nitrogens is 1. The van der Waals surface area contributed by atoms with Gasteiger partial charge in [0.2, 0.25) is 11.5 Å². The molecule has 1 aliphatic rings. The van der Waals surface area contributed by atoms with E-state index in [9.17, 15) is 19.5 Å². The van der Waals surface area contributed by atoms with Crippen LogP contribution in [0.5, 0.6) is 5.75 Å². The third kappa shape index (κ3) is 6.36. The first kappa shape index (κ1) is 26.4. The number of aliphatic hydroxyl groups is 1. The molecule has 0 unspecified atom stereocenters. The number of hydrogen-bond acceptors (Lipinski definition) is 6. The normalized spacial score (nSPS) is 14.4. The predicted octanol–water partition coefficient (Wildman–Crippen LogP) is 2.28. The highest BCUT2D eigenvalue weighted by Crippen LogP contribution is 2.22. The number of aliphatic imine (C=N–C) groups is 1. The largest absolute Gasteiger partial charge is 0.496 e. The van der Waals surface area contributed by atoms with E-state index in [0.29, 0.717) is 30.0 Å². The average molecular weight is 519 g/mol. The quantitative estimate of drug-likeness (QED) is 0.419. The van der Waals surface area contributed by atoms with Gasteiger partial charge in [-0.3, -0.25) is 14.3 Å². The molecule has 1 amide bonds. The van der Waals surface area contributed by atoms with E-state index in [2.05, 4.69) is 20.3 Å². The van der Waals surface area contributed by atoms with Gasteiger partial charge in [-0.2, -0.15) is 0 Å². The number of nitrogens with zero attached hydrogens (tertiary/aromatic N) is 4. The van der Waals surface area contributed by atoms with Crippen molar-refractivity contribution in [2.45, 2.75) is 39.8 Å². The maximum absolute atomic E-state index is 13.5. The standard InChI is InChI=1S/C27H30N6O5/c1-17-4-6-19(7-5-17)16-32-25(31-26(36)33(27(32)37)15-18(2)24(35)28-3)30-20-8-10-21(11-9-20)38-22-12-13-23(34)29-14-22/h4-11,14,18H,12-13,15-16H2,1-3H3,(H,28,35)(H,29,34)(H,30,31,36)/t18-/m0/s1. The molecule has 1 aliphatic heterocycles. The first-order valence-electron chi connectivity index (χ1n) is 12.2. The van der Waals surface area contributed by atoms with Crippen LogP contribution in [0.2, 0.25) is 0 Å². The molecule has 0 spiro atoms. The second-order valence-corrected chi connectivity index (χ2v) is 9.08. The molecule has 1 aromatic heterocycles. The second kappa shape index (κ2) is 11.6. The Morgan fingerprint density at radius 2 is 1.84 bits per heavy atom. The molecule has 11 nitrogen and oxygen atoms in total. The van der Waals surface area contributed by atoms with Gasteiger partial charge in [0, 0.05) is 26.4 Å². The van der Waals surface area contributed by atoms with Crippen LogP contribution in [-0.2, 0) is 17.9 Å². The lowest BCUT2D eigenvalue weighted by Gasteiger charge is -2.14. The number of nitrogens with one attached hydrogen (secondary N) is 2. The first-order valence-corrected chi connectivity index (χ1v) is 12.2. The zero-order valence-corrected chi connectivity index (χ0v) is 21.5. The average Bonchev–Trinajstić information content (AvgIpc) is 2.91. The number of allylic oxidation sites excluding steroid dienone is 1. The van der Waals surface area contributed by atoms with Gasteiger partial charge in [-0.15, -0.1) is 0 Å². The Kier molecular flexibility index (Phi) is 8.05. The van der Waals surface area contributed by atoms with Gasteiger partial charge in [0.15, 0.2) is 5.90 Å². The number of aryl methyl sites for hydroxylation is 1. The number of carbonyl (C=O) groups excluding carboxylic acids is 1. The van der Waals surface area contributed by atoms with E-state index >= 15 is 0 Å². The highest BCUT2D eigenvalue weighted by molar-refractivity contribution is 5.77. The number of aliphatic hydroxyl groups excluding tert-OH is 1. The summed E-state index contributed by atoms with van der Waals surface area (Å²) in [6, 6.07) is 14.5. The number of hydrogen-bond donors (Lipinski definition) is 3. The Morgan fingerprint density at radius 1 is 1.13 bits per heavy atom. The van der Waals surface area contributed by atoms with Crippen LogP contribution < -0.4 is 27.1 Å². The lowest BCUT2D eigenvalue weighted by atomic mass is 10.1. The van der Waals surface area contributed by atoms with Crippen LogP contribution in [0.25, 0.3) is 0 Å². The number of aromatic amines is 1. The molecule has 3 aromatic rings. The molecule has 2 heterocycles. The molecule has 0 fully saturated rings.